The van der Waals surface area contributed by atoms with Crippen molar-refractivity contribution >= 4 is 11.8 Å². The summed E-state index contributed by atoms with van der Waals surface area (Å²) < 4.78 is 0. The van der Waals surface area contributed by atoms with E-state index in [4.69, 9.17) is 0 Å². The van der Waals surface area contributed by atoms with Crippen LogP contribution in [0.5, 0.6) is 0 Å². The number of thioether (sulfide) groups is 1. The molecule has 3 unspecified atom stereocenters. The minimum atomic E-state index is 0.0481. The average Bonchev–Trinajstić information content (AvgIpc) is 3.27. The van der Waals surface area contributed by atoms with E-state index < -0.39 is 0 Å². The molecule has 2 N–H and O–H groups in total. The smallest absolute Gasteiger partial charge is 0.0624 e. The lowest BCUT2D eigenvalue weighted by molar-refractivity contribution is 0.157. The highest BCUT2D eigenvalue weighted by molar-refractivity contribution is 8.00. The van der Waals surface area contributed by atoms with Gasteiger partial charge >= 0.3 is 0 Å². The first-order valence-electron chi connectivity index (χ1n) is 8.22. The fraction of sp³-hybridized carbons (Fsp3) is 1.00. The van der Waals surface area contributed by atoms with E-state index in [1.807, 2.05) is 0 Å². The topological polar surface area (TPSA) is 32.3 Å². The van der Waals surface area contributed by atoms with Gasteiger partial charge in [0.15, 0.2) is 0 Å². The van der Waals surface area contributed by atoms with E-state index in [1.54, 1.807) is 0 Å². The molecule has 3 atom stereocenters. The molecule has 0 radical (unpaired) electrons. The van der Waals surface area contributed by atoms with E-state index in [0.29, 0.717) is 12.6 Å². The fourth-order valence-electron chi connectivity index (χ4n) is 3.56. The molecule has 3 aliphatic rings. The van der Waals surface area contributed by atoms with E-state index in [0.717, 1.165) is 22.8 Å². The molecule has 2 nitrogen and oxygen atoms in total. The molecule has 0 amide bonds. The number of hydrogen-bond donors (Lipinski definition) is 2. The highest BCUT2D eigenvalue weighted by Crippen LogP contribution is 2.44. The van der Waals surface area contributed by atoms with Crippen molar-refractivity contribution in [2.75, 3.05) is 12.4 Å². The van der Waals surface area contributed by atoms with Gasteiger partial charge in [-0.3, -0.25) is 0 Å². The summed E-state index contributed by atoms with van der Waals surface area (Å²) in [6.07, 6.45) is 10.9. The third kappa shape index (κ3) is 3.68. The highest BCUT2D eigenvalue weighted by Gasteiger charge is 2.47. The first-order chi connectivity index (χ1) is 9.22. The van der Waals surface area contributed by atoms with E-state index in [9.17, 15) is 5.11 Å². The zero-order valence-corrected chi connectivity index (χ0v) is 13.1. The molecule has 19 heavy (non-hydrogen) atoms. The average molecular weight is 283 g/mol. The molecule has 0 aromatic heterocycles. The summed E-state index contributed by atoms with van der Waals surface area (Å²) in [5.74, 6) is 2.78. The normalized spacial score (nSPS) is 35.1. The third-order valence-electron chi connectivity index (χ3n) is 5.17. The predicted octanol–water partition coefficient (Wildman–Crippen LogP) is 3.19. The van der Waals surface area contributed by atoms with Crippen LogP contribution in [0.25, 0.3) is 0 Å². The molecule has 3 aliphatic carbocycles. The van der Waals surface area contributed by atoms with Crippen LogP contribution in [0.1, 0.15) is 58.3 Å². The van der Waals surface area contributed by atoms with Gasteiger partial charge in [0.1, 0.15) is 0 Å². The minimum Gasteiger partial charge on any atom is -0.394 e. The summed E-state index contributed by atoms with van der Waals surface area (Å²) in [6, 6.07) is 0.707. The highest BCUT2D eigenvalue weighted by atomic mass is 32.2. The molecule has 0 bridgehead atoms. The quantitative estimate of drug-likeness (QED) is 0.752. The summed E-state index contributed by atoms with van der Waals surface area (Å²) >= 11 is 2.15. The van der Waals surface area contributed by atoms with Gasteiger partial charge in [-0.25, -0.2) is 0 Å². The van der Waals surface area contributed by atoms with Crippen LogP contribution in [-0.2, 0) is 0 Å². The van der Waals surface area contributed by atoms with Crippen molar-refractivity contribution in [3.05, 3.63) is 0 Å². The van der Waals surface area contributed by atoms with Crippen molar-refractivity contribution in [3.8, 4) is 0 Å². The van der Waals surface area contributed by atoms with Gasteiger partial charge in [0.25, 0.3) is 0 Å². The molecule has 3 fully saturated rings. The molecule has 3 rings (SSSR count). The summed E-state index contributed by atoms with van der Waals surface area (Å²) in [6.45, 7) is 2.73. The standard InChI is InChI=1S/C16H29NOS/c1-12-3-2-4-15(9-12)19-11-16(10-18,13-5-6-13)17-14-7-8-14/h12-15,17-18H,2-11H2,1H3. The molecular weight excluding hydrogens is 254 g/mol. The first kappa shape index (κ1) is 14.2. The van der Waals surface area contributed by atoms with Gasteiger partial charge in [0.05, 0.1) is 12.1 Å². The molecule has 110 valence electrons. The predicted molar refractivity (Wildman–Crippen MR) is 82.6 cm³/mol. The van der Waals surface area contributed by atoms with Crippen LogP contribution in [0.15, 0.2) is 0 Å². The van der Waals surface area contributed by atoms with Crippen LogP contribution in [0.3, 0.4) is 0 Å². The summed E-state index contributed by atoms with van der Waals surface area (Å²) in [7, 11) is 0. The number of hydrogen-bond acceptors (Lipinski definition) is 3. The van der Waals surface area contributed by atoms with Crippen molar-refractivity contribution < 1.29 is 5.11 Å². The van der Waals surface area contributed by atoms with E-state index in [2.05, 4.69) is 24.0 Å². The van der Waals surface area contributed by atoms with Gasteiger partial charge in [-0.1, -0.05) is 19.8 Å². The molecule has 0 aromatic rings. The molecule has 0 aromatic carbocycles. The molecular formula is C16H29NOS. The second-order valence-electron chi connectivity index (χ2n) is 7.21. The maximum atomic E-state index is 9.97. The Kier molecular flexibility index (Phi) is 4.45. The number of aliphatic hydroxyl groups excluding tert-OH is 1. The van der Waals surface area contributed by atoms with Crippen molar-refractivity contribution in [1.29, 1.82) is 0 Å². The first-order valence-corrected chi connectivity index (χ1v) is 9.27. The summed E-state index contributed by atoms with van der Waals surface area (Å²) in [5.41, 5.74) is 0.0481. The Bertz CT molecular complexity index is 303. The van der Waals surface area contributed by atoms with Gasteiger partial charge in [-0.2, -0.15) is 11.8 Å². The SMILES string of the molecule is CC1CCCC(SCC(CO)(NC2CC2)C2CC2)C1. The lowest BCUT2D eigenvalue weighted by Gasteiger charge is -2.36. The number of nitrogens with one attached hydrogen (secondary N) is 1. The van der Waals surface area contributed by atoms with Crippen LogP contribution >= 0.6 is 11.8 Å². The summed E-state index contributed by atoms with van der Waals surface area (Å²) in [5, 5.41) is 14.6. The molecule has 0 spiro atoms. The maximum absolute atomic E-state index is 9.97. The molecule has 0 aliphatic heterocycles. The van der Waals surface area contributed by atoms with E-state index >= 15 is 0 Å². The van der Waals surface area contributed by atoms with Gasteiger partial charge in [0, 0.05) is 17.0 Å². The number of rotatable bonds is 7. The second kappa shape index (κ2) is 5.95. The van der Waals surface area contributed by atoms with Gasteiger partial charge in [-0.05, 0) is 50.4 Å². The largest absolute Gasteiger partial charge is 0.394 e. The molecule has 3 saturated carbocycles. The molecule has 0 heterocycles. The van der Waals surface area contributed by atoms with E-state index in [1.165, 1.54) is 51.4 Å². The van der Waals surface area contributed by atoms with Gasteiger partial charge in [0.2, 0.25) is 0 Å². The Morgan fingerprint density at radius 3 is 2.53 bits per heavy atom. The van der Waals surface area contributed by atoms with E-state index in [-0.39, 0.29) is 5.54 Å². The fourth-order valence-corrected chi connectivity index (χ4v) is 5.31. The molecule has 3 heteroatoms. The van der Waals surface area contributed by atoms with Gasteiger partial charge < -0.3 is 10.4 Å². The summed E-state index contributed by atoms with van der Waals surface area (Å²) in [4.78, 5) is 0. The Morgan fingerprint density at radius 2 is 1.95 bits per heavy atom. The van der Waals surface area contributed by atoms with Crippen molar-refractivity contribution in [2.24, 2.45) is 11.8 Å². The Balaban J connectivity index is 1.54. The van der Waals surface area contributed by atoms with Crippen LogP contribution in [0.4, 0.5) is 0 Å². The van der Waals surface area contributed by atoms with Crippen LogP contribution < -0.4 is 5.32 Å². The van der Waals surface area contributed by atoms with Crippen molar-refractivity contribution in [1.82, 2.24) is 5.32 Å². The lowest BCUT2D eigenvalue weighted by Crippen LogP contribution is -2.54. The Labute approximate surface area is 122 Å². The van der Waals surface area contributed by atoms with Crippen molar-refractivity contribution in [2.45, 2.75) is 75.1 Å². The lowest BCUT2D eigenvalue weighted by atomic mass is 9.90. The zero-order valence-electron chi connectivity index (χ0n) is 12.2. The van der Waals surface area contributed by atoms with Crippen LogP contribution in [-0.4, -0.2) is 34.3 Å². The number of aliphatic hydroxyl groups is 1. The van der Waals surface area contributed by atoms with Crippen molar-refractivity contribution in [3.63, 3.8) is 0 Å². The third-order valence-corrected chi connectivity index (χ3v) is 6.76. The monoisotopic (exact) mass is 283 g/mol. The molecule has 0 saturated heterocycles. The van der Waals surface area contributed by atoms with Crippen LogP contribution in [0, 0.1) is 11.8 Å². The Hall–Kier alpha value is 0.270. The van der Waals surface area contributed by atoms with Crippen LogP contribution in [0.2, 0.25) is 0 Å². The minimum absolute atomic E-state index is 0.0481. The maximum Gasteiger partial charge on any atom is 0.0624 e. The second-order valence-corrected chi connectivity index (χ2v) is 8.50. The Morgan fingerprint density at radius 1 is 1.16 bits per heavy atom. The van der Waals surface area contributed by atoms with Gasteiger partial charge in [-0.15, -0.1) is 0 Å². The zero-order chi connectivity index (χ0) is 13.3.